The summed E-state index contributed by atoms with van der Waals surface area (Å²) in [6.07, 6.45) is 0.992. The Labute approximate surface area is 183 Å². The summed E-state index contributed by atoms with van der Waals surface area (Å²) in [5, 5.41) is 0. The van der Waals surface area contributed by atoms with Crippen LogP contribution in [0.3, 0.4) is 0 Å². The highest BCUT2D eigenvalue weighted by Gasteiger charge is 2.23. The highest BCUT2D eigenvalue weighted by Crippen LogP contribution is 2.46. The summed E-state index contributed by atoms with van der Waals surface area (Å²) in [7, 11) is 0. The van der Waals surface area contributed by atoms with Gasteiger partial charge in [-0.15, -0.1) is 0 Å². The minimum absolute atomic E-state index is 0.992. The van der Waals surface area contributed by atoms with E-state index < -0.39 is 0 Å². The molecular formula is C31H22. The molecule has 0 radical (unpaired) electrons. The number of hydrogen-bond donors (Lipinski definition) is 0. The van der Waals surface area contributed by atoms with Gasteiger partial charge in [0.15, 0.2) is 0 Å². The third kappa shape index (κ3) is 3.00. The lowest BCUT2D eigenvalue weighted by atomic mass is 9.85. The van der Waals surface area contributed by atoms with Crippen molar-refractivity contribution in [1.29, 1.82) is 0 Å². The Bertz CT molecular complexity index is 1380. The van der Waals surface area contributed by atoms with Crippen molar-refractivity contribution in [3.63, 3.8) is 0 Å². The first-order valence-corrected chi connectivity index (χ1v) is 10.8. The molecule has 0 amide bonds. The molecule has 0 saturated carbocycles. The molecule has 5 aromatic rings. The van der Waals surface area contributed by atoms with E-state index in [9.17, 15) is 0 Å². The molecule has 31 heavy (non-hydrogen) atoms. The molecule has 0 heteroatoms. The minimum Gasteiger partial charge on any atom is -0.0622 e. The van der Waals surface area contributed by atoms with E-state index in [1.807, 2.05) is 0 Å². The van der Waals surface area contributed by atoms with Crippen LogP contribution in [0.4, 0.5) is 0 Å². The van der Waals surface area contributed by atoms with Crippen LogP contribution >= 0.6 is 0 Å². The van der Waals surface area contributed by atoms with Crippen molar-refractivity contribution in [2.24, 2.45) is 0 Å². The Hall–Kier alpha value is -3.90. The maximum Gasteiger partial charge on any atom is -0.000728 e. The van der Waals surface area contributed by atoms with Gasteiger partial charge in [-0.05, 0) is 62.1 Å². The number of fused-ring (bicyclic) bond motifs is 3. The van der Waals surface area contributed by atoms with Gasteiger partial charge in [-0.25, -0.2) is 0 Å². The van der Waals surface area contributed by atoms with Gasteiger partial charge in [-0.2, -0.15) is 0 Å². The summed E-state index contributed by atoms with van der Waals surface area (Å²) in [6.45, 7) is 0. The SMILES string of the molecule is c1ccc(-c2cccc(-c3cccc4c3Cc3ccccc3-4)c2-c2ccccc2)cc1. The van der Waals surface area contributed by atoms with E-state index in [-0.39, 0.29) is 0 Å². The third-order valence-electron chi connectivity index (χ3n) is 6.35. The van der Waals surface area contributed by atoms with E-state index >= 15 is 0 Å². The van der Waals surface area contributed by atoms with Gasteiger partial charge in [0.25, 0.3) is 0 Å². The fourth-order valence-corrected chi connectivity index (χ4v) is 4.96. The van der Waals surface area contributed by atoms with Gasteiger partial charge in [-0.1, -0.05) is 121 Å². The van der Waals surface area contributed by atoms with Crippen molar-refractivity contribution >= 4 is 0 Å². The zero-order valence-electron chi connectivity index (χ0n) is 17.3. The first-order chi connectivity index (χ1) is 15.4. The van der Waals surface area contributed by atoms with Gasteiger partial charge >= 0.3 is 0 Å². The second kappa shape index (κ2) is 7.41. The smallest absolute Gasteiger partial charge is 0.000728 e. The second-order valence-electron chi connectivity index (χ2n) is 8.13. The normalized spacial score (nSPS) is 11.7. The summed E-state index contributed by atoms with van der Waals surface area (Å²) >= 11 is 0. The maximum atomic E-state index is 2.29. The van der Waals surface area contributed by atoms with Crippen LogP contribution in [0, 0.1) is 0 Å². The van der Waals surface area contributed by atoms with Crippen molar-refractivity contribution < 1.29 is 0 Å². The molecule has 0 bridgehead atoms. The molecule has 0 heterocycles. The average Bonchev–Trinajstić information content (AvgIpc) is 3.24. The predicted octanol–water partition coefficient (Wildman–Crippen LogP) is 8.26. The molecule has 0 nitrogen and oxygen atoms in total. The molecule has 0 aromatic heterocycles. The van der Waals surface area contributed by atoms with Crippen LogP contribution in [-0.4, -0.2) is 0 Å². The Morgan fingerprint density at radius 2 is 0.871 bits per heavy atom. The monoisotopic (exact) mass is 394 g/mol. The molecule has 0 unspecified atom stereocenters. The van der Waals surface area contributed by atoms with Gasteiger partial charge in [0.1, 0.15) is 0 Å². The minimum atomic E-state index is 0.992. The van der Waals surface area contributed by atoms with Crippen molar-refractivity contribution in [1.82, 2.24) is 0 Å². The average molecular weight is 395 g/mol. The number of rotatable bonds is 3. The van der Waals surface area contributed by atoms with E-state index in [0.717, 1.165) is 6.42 Å². The Morgan fingerprint density at radius 1 is 0.355 bits per heavy atom. The number of benzene rings is 5. The van der Waals surface area contributed by atoms with Gasteiger partial charge in [-0.3, -0.25) is 0 Å². The first kappa shape index (κ1) is 17.9. The highest BCUT2D eigenvalue weighted by atomic mass is 14.3. The van der Waals surface area contributed by atoms with Crippen LogP contribution in [-0.2, 0) is 6.42 Å². The topological polar surface area (TPSA) is 0 Å². The van der Waals surface area contributed by atoms with Crippen molar-refractivity contribution in [2.75, 3.05) is 0 Å². The van der Waals surface area contributed by atoms with Gasteiger partial charge in [0.05, 0.1) is 0 Å². The standard InChI is InChI=1S/C31H22/c1-3-11-22(12-4-1)26-17-9-20-29(31(26)23-13-5-2-6-14-23)28-19-10-18-27-25-16-8-7-15-24(25)21-30(27)28/h1-20H,21H2. The Morgan fingerprint density at radius 3 is 1.61 bits per heavy atom. The maximum absolute atomic E-state index is 2.29. The molecule has 6 rings (SSSR count). The lowest BCUT2D eigenvalue weighted by Crippen LogP contribution is -1.94. The fraction of sp³-hybridized carbons (Fsp3) is 0.0323. The van der Waals surface area contributed by atoms with Crippen LogP contribution in [0.2, 0.25) is 0 Å². The molecule has 0 fully saturated rings. The third-order valence-corrected chi connectivity index (χ3v) is 6.35. The summed E-state index contributed by atoms with van der Waals surface area (Å²) in [5.41, 5.74) is 13.3. The van der Waals surface area contributed by atoms with E-state index in [4.69, 9.17) is 0 Å². The first-order valence-electron chi connectivity index (χ1n) is 10.8. The highest BCUT2D eigenvalue weighted by molar-refractivity contribution is 5.97. The summed E-state index contributed by atoms with van der Waals surface area (Å²) < 4.78 is 0. The number of hydrogen-bond acceptors (Lipinski definition) is 0. The zero-order chi connectivity index (χ0) is 20.6. The molecule has 0 N–H and O–H groups in total. The van der Waals surface area contributed by atoms with E-state index in [1.54, 1.807) is 0 Å². The molecule has 146 valence electrons. The molecule has 1 aliphatic rings. The van der Waals surface area contributed by atoms with E-state index in [2.05, 4.69) is 121 Å². The second-order valence-corrected chi connectivity index (χ2v) is 8.13. The van der Waals surface area contributed by atoms with Gasteiger partial charge in [0.2, 0.25) is 0 Å². The molecule has 0 aliphatic heterocycles. The largest absolute Gasteiger partial charge is 0.0622 e. The van der Waals surface area contributed by atoms with Gasteiger partial charge in [0, 0.05) is 0 Å². The molecule has 1 aliphatic carbocycles. The molecule has 0 saturated heterocycles. The molecular weight excluding hydrogens is 372 g/mol. The van der Waals surface area contributed by atoms with Crippen LogP contribution < -0.4 is 0 Å². The van der Waals surface area contributed by atoms with E-state index in [0.29, 0.717) is 0 Å². The lowest BCUT2D eigenvalue weighted by Gasteiger charge is -2.18. The zero-order valence-corrected chi connectivity index (χ0v) is 17.3. The fourth-order valence-electron chi connectivity index (χ4n) is 4.96. The quantitative estimate of drug-likeness (QED) is 0.283. The van der Waals surface area contributed by atoms with Crippen LogP contribution in [0.1, 0.15) is 11.1 Å². The molecule has 0 spiro atoms. The van der Waals surface area contributed by atoms with Crippen LogP contribution in [0.15, 0.2) is 121 Å². The summed E-state index contributed by atoms with van der Waals surface area (Å²) in [5.74, 6) is 0. The summed E-state index contributed by atoms with van der Waals surface area (Å²) in [4.78, 5) is 0. The molecule has 0 atom stereocenters. The predicted molar refractivity (Wildman–Crippen MR) is 131 cm³/mol. The van der Waals surface area contributed by atoms with Crippen molar-refractivity contribution in [2.45, 2.75) is 6.42 Å². The van der Waals surface area contributed by atoms with Crippen molar-refractivity contribution in [3.8, 4) is 44.5 Å². The lowest BCUT2D eigenvalue weighted by molar-refractivity contribution is 1.26. The Balaban J connectivity index is 1.63. The van der Waals surface area contributed by atoms with Crippen LogP contribution in [0.25, 0.3) is 44.5 Å². The Kier molecular flexibility index (Phi) is 4.28. The van der Waals surface area contributed by atoms with Crippen LogP contribution in [0.5, 0.6) is 0 Å². The summed E-state index contributed by atoms with van der Waals surface area (Å²) in [6, 6.07) is 43.8. The van der Waals surface area contributed by atoms with E-state index in [1.165, 1.54) is 55.6 Å². The van der Waals surface area contributed by atoms with Crippen molar-refractivity contribution in [3.05, 3.63) is 132 Å². The van der Waals surface area contributed by atoms with Gasteiger partial charge < -0.3 is 0 Å². The molecule has 5 aromatic carbocycles.